The maximum atomic E-state index is 5.90. The maximum Gasteiger partial charge on any atom is 0.216 e. The van der Waals surface area contributed by atoms with Crippen LogP contribution >= 0.6 is 0 Å². The molecule has 0 amide bonds. The van der Waals surface area contributed by atoms with E-state index >= 15 is 0 Å². The van der Waals surface area contributed by atoms with Gasteiger partial charge < -0.3 is 14.4 Å². The zero-order chi connectivity index (χ0) is 18.6. The van der Waals surface area contributed by atoms with Crippen molar-refractivity contribution in [3.8, 4) is 5.75 Å². The van der Waals surface area contributed by atoms with Gasteiger partial charge in [0.15, 0.2) is 0 Å². The number of hydrogen-bond donors (Lipinski definition) is 0. The van der Waals surface area contributed by atoms with Crippen LogP contribution in [-0.4, -0.2) is 73.2 Å². The Kier molecular flexibility index (Phi) is 6.20. The van der Waals surface area contributed by atoms with Crippen molar-refractivity contribution in [2.24, 2.45) is 4.99 Å². The molecule has 2 heterocycles. The van der Waals surface area contributed by atoms with Crippen molar-refractivity contribution in [2.45, 2.75) is 45.7 Å². The predicted octanol–water partition coefficient (Wildman–Crippen LogP) is 3.04. The Labute approximate surface area is 158 Å². The molecule has 0 unspecified atom stereocenters. The Morgan fingerprint density at radius 3 is 2.38 bits per heavy atom. The van der Waals surface area contributed by atoms with E-state index in [4.69, 9.17) is 9.47 Å². The summed E-state index contributed by atoms with van der Waals surface area (Å²) < 4.78 is 11.6. The lowest BCUT2D eigenvalue weighted by molar-refractivity contribution is 0.104. The second-order valence-electron chi connectivity index (χ2n) is 8.22. The van der Waals surface area contributed by atoms with Crippen LogP contribution in [-0.2, 0) is 4.74 Å². The summed E-state index contributed by atoms with van der Waals surface area (Å²) in [5.74, 6) is 1.65. The fourth-order valence-corrected chi connectivity index (χ4v) is 3.41. The topological polar surface area (TPSA) is 37.3 Å². The summed E-state index contributed by atoms with van der Waals surface area (Å²) in [7, 11) is 0. The summed E-state index contributed by atoms with van der Waals surface area (Å²) in [6, 6.07) is 8.73. The molecule has 5 heteroatoms. The number of benzene rings is 1. The number of hydrogen-bond acceptors (Lipinski definition) is 5. The van der Waals surface area contributed by atoms with Crippen molar-refractivity contribution >= 4 is 5.90 Å². The highest BCUT2D eigenvalue weighted by atomic mass is 16.5. The number of ether oxygens (including phenoxy) is 2. The minimum absolute atomic E-state index is 0.120. The van der Waals surface area contributed by atoms with Gasteiger partial charge in [-0.1, -0.05) is 0 Å². The molecule has 144 valence electrons. The van der Waals surface area contributed by atoms with Gasteiger partial charge in [-0.15, -0.1) is 0 Å². The molecular formula is C21H33N3O2. The fourth-order valence-electron chi connectivity index (χ4n) is 3.41. The summed E-state index contributed by atoms with van der Waals surface area (Å²) in [5, 5.41) is 0. The molecule has 0 aliphatic carbocycles. The third kappa shape index (κ3) is 5.21. The molecule has 0 radical (unpaired) electrons. The molecule has 26 heavy (non-hydrogen) atoms. The van der Waals surface area contributed by atoms with Crippen LogP contribution in [0.5, 0.6) is 5.75 Å². The van der Waals surface area contributed by atoms with Crippen molar-refractivity contribution in [1.82, 2.24) is 9.80 Å². The van der Waals surface area contributed by atoms with E-state index in [0.29, 0.717) is 12.6 Å². The van der Waals surface area contributed by atoms with E-state index in [1.807, 2.05) is 24.3 Å². The van der Waals surface area contributed by atoms with Crippen molar-refractivity contribution < 1.29 is 9.47 Å². The number of rotatable bonds is 7. The number of aliphatic imine (C=N–C) groups is 1. The van der Waals surface area contributed by atoms with E-state index in [9.17, 15) is 0 Å². The van der Waals surface area contributed by atoms with Crippen LogP contribution in [0.4, 0.5) is 0 Å². The van der Waals surface area contributed by atoms with Crippen molar-refractivity contribution in [1.29, 1.82) is 0 Å². The smallest absolute Gasteiger partial charge is 0.216 e. The van der Waals surface area contributed by atoms with E-state index in [2.05, 4.69) is 42.5 Å². The molecule has 0 N–H and O–H groups in total. The average molecular weight is 360 g/mol. The quantitative estimate of drug-likeness (QED) is 0.701. The maximum absolute atomic E-state index is 5.90. The van der Waals surface area contributed by atoms with Gasteiger partial charge >= 0.3 is 0 Å². The first-order chi connectivity index (χ1) is 12.4. The fraction of sp³-hybridized carbons (Fsp3) is 0.667. The summed E-state index contributed by atoms with van der Waals surface area (Å²) in [5.41, 5.74) is 0.900. The molecule has 2 aliphatic rings. The van der Waals surface area contributed by atoms with Gasteiger partial charge in [-0.2, -0.15) is 0 Å². The van der Waals surface area contributed by atoms with Crippen molar-refractivity contribution in [3.05, 3.63) is 29.8 Å². The normalized spacial score (nSPS) is 20.9. The Morgan fingerprint density at radius 2 is 1.81 bits per heavy atom. The van der Waals surface area contributed by atoms with Gasteiger partial charge in [-0.25, -0.2) is 4.99 Å². The molecule has 0 aromatic heterocycles. The molecule has 1 fully saturated rings. The van der Waals surface area contributed by atoms with E-state index in [0.717, 1.165) is 36.8 Å². The molecular weight excluding hydrogens is 326 g/mol. The molecule has 0 spiro atoms. The highest BCUT2D eigenvalue weighted by molar-refractivity contribution is 5.95. The molecule has 2 aliphatic heterocycles. The van der Waals surface area contributed by atoms with Gasteiger partial charge in [-0.05, 0) is 58.4 Å². The van der Waals surface area contributed by atoms with Gasteiger partial charge in [0.25, 0.3) is 0 Å². The van der Waals surface area contributed by atoms with E-state index in [-0.39, 0.29) is 5.54 Å². The first-order valence-corrected chi connectivity index (χ1v) is 9.85. The van der Waals surface area contributed by atoms with Gasteiger partial charge in [0, 0.05) is 44.3 Å². The van der Waals surface area contributed by atoms with Gasteiger partial charge in [0.05, 0.1) is 12.1 Å². The first-order valence-electron chi connectivity index (χ1n) is 9.85. The molecule has 0 bridgehead atoms. The van der Waals surface area contributed by atoms with E-state index in [1.165, 1.54) is 26.2 Å². The lowest BCUT2D eigenvalue weighted by atomic mass is 10.1. The van der Waals surface area contributed by atoms with Crippen LogP contribution in [0.2, 0.25) is 0 Å². The standard InChI is InChI=1S/C21H33N3O2/c1-17(2)24-13-11-23(12-14-24)10-5-15-25-19-8-6-18(7-9-19)20-22-21(3,4)16-26-20/h6-9,17H,5,10-16H2,1-4H3. The molecule has 5 nitrogen and oxygen atoms in total. The molecule has 1 aromatic carbocycles. The van der Waals surface area contributed by atoms with Crippen LogP contribution in [0.25, 0.3) is 0 Å². The Bertz CT molecular complexity index is 602. The van der Waals surface area contributed by atoms with Crippen LogP contribution in [0.3, 0.4) is 0 Å². The molecule has 0 atom stereocenters. The number of nitrogens with zero attached hydrogens (tertiary/aromatic N) is 3. The highest BCUT2D eigenvalue weighted by Crippen LogP contribution is 2.22. The van der Waals surface area contributed by atoms with Gasteiger partial charge in [0.2, 0.25) is 5.90 Å². The van der Waals surface area contributed by atoms with Gasteiger partial charge in [0.1, 0.15) is 12.4 Å². The molecule has 1 saturated heterocycles. The SMILES string of the molecule is CC(C)N1CCN(CCCOc2ccc(C3=NC(C)(C)CO3)cc2)CC1. The average Bonchev–Trinajstić information content (AvgIpc) is 2.99. The Balaban J connectivity index is 1.37. The van der Waals surface area contributed by atoms with Crippen LogP contribution in [0.1, 0.15) is 39.7 Å². The van der Waals surface area contributed by atoms with E-state index in [1.54, 1.807) is 0 Å². The zero-order valence-electron chi connectivity index (χ0n) is 16.7. The second kappa shape index (κ2) is 8.40. The summed E-state index contributed by atoms with van der Waals surface area (Å²) in [6.45, 7) is 16.0. The molecule has 0 saturated carbocycles. The third-order valence-corrected chi connectivity index (χ3v) is 5.09. The lowest BCUT2D eigenvalue weighted by Gasteiger charge is -2.36. The highest BCUT2D eigenvalue weighted by Gasteiger charge is 2.26. The van der Waals surface area contributed by atoms with Crippen molar-refractivity contribution in [3.63, 3.8) is 0 Å². The summed E-state index contributed by atoms with van der Waals surface area (Å²) in [4.78, 5) is 9.70. The largest absolute Gasteiger partial charge is 0.494 e. The third-order valence-electron chi connectivity index (χ3n) is 5.09. The van der Waals surface area contributed by atoms with Crippen LogP contribution in [0.15, 0.2) is 29.3 Å². The lowest BCUT2D eigenvalue weighted by Crippen LogP contribution is -2.49. The number of piperazine rings is 1. The van der Waals surface area contributed by atoms with Crippen LogP contribution < -0.4 is 4.74 Å². The summed E-state index contributed by atoms with van der Waals surface area (Å²) >= 11 is 0. The van der Waals surface area contributed by atoms with Crippen molar-refractivity contribution in [2.75, 3.05) is 45.9 Å². The minimum Gasteiger partial charge on any atom is -0.494 e. The first kappa shape index (κ1) is 19.2. The van der Waals surface area contributed by atoms with E-state index < -0.39 is 0 Å². The van der Waals surface area contributed by atoms with Gasteiger partial charge in [-0.3, -0.25) is 4.90 Å². The monoisotopic (exact) mass is 359 g/mol. The molecule has 3 rings (SSSR count). The second-order valence-corrected chi connectivity index (χ2v) is 8.22. The Hall–Kier alpha value is -1.59. The zero-order valence-corrected chi connectivity index (χ0v) is 16.7. The van der Waals surface area contributed by atoms with Crippen LogP contribution in [0, 0.1) is 0 Å². The Morgan fingerprint density at radius 1 is 1.12 bits per heavy atom. The predicted molar refractivity (Wildman–Crippen MR) is 106 cm³/mol. The minimum atomic E-state index is -0.120. The summed E-state index contributed by atoms with van der Waals surface area (Å²) in [6.07, 6.45) is 1.06. The molecule has 1 aromatic rings.